The number of anilines is 1. The van der Waals surface area contributed by atoms with Crippen molar-refractivity contribution < 1.29 is 0 Å². The van der Waals surface area contributed by atoms with Crippen LogP contribution in [0.15, 0.2) is 84.9 Å². The van der Waals surface area contributed by atoms with E-state index in [1.54, 1.807) is 0 Å². The molecule has 0 spiro atoms. The number of H-pyrrole nitrogens is 2. The molecule has 286 valence electrons. The lowest BCUT2D eigenvalue weighted by Gasteiger charge is -2.14. The fraction of sp³-hybridized carbons (Fsp3) is 0.170. The Bertz CT molecular complexity index is 2970. The van der Waals surface area contributed by atoms with Crippen molar-refractivity contribution >= 4 is 52.1 Å². The number of benzene rings is 4. The van der Waals surface area contributed by atoms with Gasteiger partial charge in [0.25, 0.3) is 0 Å². The fourth-order valence-electron chi connectivity index (χ4n) is 9.67. The fourth-order valence-corrected chi connectivity index (χ4v) is 9.67. The third kappa shape index (κ3) is 6.28. The largest absolute Gasteiger partial charge is 0.399 e. The zero-order chi connectivity index (χ0) is 40.6. The van der Waals surface area contributed by atoms with Crippen LogP contribution in [-0.4, -0.2) is 19.9 Å². The molecule has 7 aromatic rings. The standard InChI is InChI=1S/C53H49N5/c1-28-22-31(4)47(32(5)23-28)51-41-16-14-39(55-41)50(37-10-12-38(54)13-11-37)40-15-17-42(56-40)52(48-33(6)24-29(2)25-34(48)7)44-19-21-46(58-44)53(45-20-18-43(51)57-45)49-35(8)26-30(3)27-36(49)9/h10-27,55,58H,54H2,1-9H3. The average Bonchev–Trinajstić information content (AvgIpc) is 3.99. The first kappa shape index (κ1) is 36.9. The van der Waals surface area contributed by atoms with E-state index in [2.05, 4.69) is 169 Å². The molecule has 0 atom stereocenters. The van der Waals surface area contributed by atoms with E-state index in [4.69, 9.17) is 15.7 Å². The Morgan fingerprint density at radius 3 is 0.931 bits per heavy atom. The Balaban J connectivity index is 1.53. The van der Waals surface area contributed by atoms with Crippen LogP contribution in [0, 0.1) is 62.3 Å². The number of aryl methyl sites for hydroxylation is 9. The summed E-state index contributed by atoms with van der Waals surface area (Å²) in [6, 6.07) is 30.6. The minimum atomic E-state index is 0.718. The molecule has 0 radical (unpaired) electrons. The molecule has 5 nitrogen and oxygen atoms in total. The molecule has 0 saturated heterocycles. The lowest BCUT2D eigenvalue weighted by Crippen LogP contribution is -1.96. The van der Waals surface area contributed by atoms with E-state index < -0.39 is 0 Å². The highest BCUT2D eigenvalue weighted by atomic mass is 14.8. The van der Waals surface area contributed by atoms with Gasteiger partial charge in [-0.1, -0.05) is 65.2 Å². The quantitative estimate of drug-likeness (QED) is 0.156. The highest BCUT2D eigenvalue weighted by Crippen LogP contribution is 2.42. The van der Waals surface area contributed by atoms with Crippen molar-refractivity contribution in [2.24, 2.45) is 0 Å². The molecule has 4 N–H and O–H groups in total. The minimum absolute atomic E-state index is 0.718. The predicted octanol–water partition coefficient (Wildman–Crippen LogP) is 13.7. The van der Waals surface area contributed by atoms with Crippen LogP contribution < -0.4 is 5.73 Å². The van der Waals surface area contributed by atoms with Crippen molar-refractivity contribution in [3.05, 3.63) is 158 Å². The Hall–Kier alpha value is -6.72. The molecule has 0 unspecified atom stereocenters. The van der Waals surface area contributed by atoms with E-state index in [1.165, 1.54) is 66.8 Å². The molecule has 0 amide bonds. The summed E-state index contributed by atoms with van der Waals surface area (Å²) < 4.78 is 0. The van der Waals surface area contributed by atoms with Gasteiger partial charge in [0.15, 0.2) is 0 Å². The number of aromatic amines is 2. The maximum Gasteiger partial charge on any atom is 0.0737 e. The molecule has 58 heavy (non-hydrogen) atoms. The molecule has 0 aliphatic carbocycles. The van der Waals surface area contributed by atoms with Crippen molar-refractivity contribution in [2.45, 2.75) is 62.3 Å². The summed E-state index contributed by atoms with van der Waals surface area (Å²) in [6.07, 6.45) is 8.71. The minimum Gasteiger partial charge on any atom is -0.399 e. The van der Waals surface area contributed by atoms with Crippen LogP contribution in [-0.2, 0) is 0 Å². The molecular formula is C53H49N5. The third-order valence-electron chi connectivity index (χ3n) is 11.7. The number of nitrogens with zero attached hydrogens (tertiary/aromatic N) is 2. The zero-order valence-electron chi connectivity index (χ0n) is 34.9. The van der Waals surface area contributed by atoms with Gasteiger partial charge < -0.3 is 15.7 Å². The summed E-state index contributed by atoms with van der Waals surface area (Å²) in [5.41, 5.74) is 34.3. The highest BCUT2D eigenvalue weighted by molar-refractivity contribution is 6.01. The van der Waals surface area contributed by atoms with Gasteiger partial charge in [-0.05, 0) is 179 Å². The second kappa shape index (κ2) is 14.0. The summed E-state index contributed by atoms with van der Waals surface area (Å²) in [6.45, 7) is 19.8. The Morgan fingerprint density at radius 1 is 0.345 bits per heavy atom. The van der Waals surface area contributed by atoms with Crippen molar-refractivity contribution in [1.82, 2.24) is 19.9 Å². The van der Waals surface area contributed by atoms with Gasteiger partial charge in [0.1, 0.15) is 0 Å². The van der Waals surface area contributed by atoms with Gasteiger partial charge in [0, 0.05) is 50.0 Å². The molecule has 2 aliphatic heterocycles. The SMILES string of the molecule is Cc1cc(C)c(-c2c3nc(c(-c4c(C)cc(C)cc4C)c4ccc([nH]4)c(-c4c(C)cc(C)cc4C)c4nc(c(-c5ccc(N)cc5)c5ccc2[nH]5)C=C4)C=C3)c(C)c1. The lowest BCUT2D eigenvalue weighted by atomic mass is 9.92. The van der Waals surface area contributed by atoms with Gasteiger partial charge in [0.2, 0.25) is 0 Å². The second-order valence-corrected chi connectivity index (χ2v) is 16.4. The molecule has 9 rings (SSSR count). The van der Waals surface area contributed by atoms with Crippen LogP contribution >= 0.6 is 0 Å². The number of nitrogen functional groups attached to an aromatic ring is 1. The van der Waals surface area contributed by atoms with Crippen LogP contribution in [0.3, 0.4) is 0 Å². The third-order valence-corrected chi connectivity index (χ3v) is 11.7. The number of hydrogen-bond acceptors (Lipinski definition) is 3. The van der Waals surface area contributed by atoms with E-state index in [0.717, 1.165) is 78.3 Å². The molecular weight excluding hydrogens is 707 g/mol. The van der Waals surface area contributed by atoms with Crippen molar-refractivity contribution in [1.29, 1.82) is 0 Å². The lowest BCUT2D eigenvalue weighted by molar-refractivity contribution is 1.27. The van der Waals surface area contributed by atoms with Crippen LogP contribution in [0.4, 0.5) is 5.69 Å². The second-order valence-electron chi connectivity index (χ2n) is 16.4. The van der Waals surface area contributed by atoms with Gasteiger partial charge in [-0.15, -0.1) is 0 Å². The van der Waals surface area contributed by atoms with Crippen LogP contribution in [0.1, 0.15) is 72.8 Å². The maximum absolute atomic E-state index is 6.24. The summed E-state index contributed by atoms with van der Waals surface area (Å²) in [5.74, 6) is 0. The number of hydrogen-bond donors (Lipinski definition) is 3. The molecule has 8 bridgehead atoms. The summed E-state index contributed by atoms with van der Waals surface area (Å²) in [4.78, 5) is 19.0. The molecule has 0 saturated carbocycles. The Kier molecular flexibility index (Phi) is 8.93. The van der Waals surface area contributed by atoms with Crippen LogP contribution in [0.5, 0.6) is 0 Å². The van der Waals surface area contributed by atoms with Gasteiger partial charge in [-0.25, -0.2) is 9.97 Å². The first-order valence-corrected chi connectivity index (χ1v) is 20.1. The average molecular weight is 756 g/mol. The number of aromatic nitrogens is 4. The smallest absolute Gasteiger partial charge is 0.0737 e. The number of nitrogens with two attached hydrogens (primary N) is 1. The molecule has 5 heteroatoms. The van der Waals surface area contributed by atoms with Gasteiger partial charge in [-0.3, -0.25) is 0 Å². The van der Waals surface area contributed by atoms with Crippen LogP contribution in [0.25, 0.3) is 90.9 Å². The summed E-state index contributed by atoms with van der Waals surface area (Å²) in [5, 5.41) is 0. The van der Waals surface area contributed by atoms with E-state index >= 15 is 0 Å². The van der Waals surface area contributed by atoms with Crippen molar-refractivity contribution in [3.8, 4) is 44.5 Å². The van der Waals surface area contributed by atoms with E-state index in [1.807, 2.05) is 12.1 Å². The highest BCUT2D eigenvalue weighted by Gasteiger charge is 2.22. The first-order valence-electron chi connectivity index (χ1n) is 20.1. The van der Waals surface area contributed by atoms with E-state index in [0.29, 0.717) is 0 Å². The first-order chi connectivity index (χ1) is 27.8. The topological polar surface area (TPSA) is 83.4 Å². The van der Waals surface area contributed by atoms with Gasteiger partial charge >= 0.3 is 0 Å². The molecule has 5 heterocycles. The summed E-state index contributed by atoms with van der Waals surface area (Å²) in [7, 11) is 0. The molecule has 2 aliphatic rings. The monoisotopic (exact) mass is 755 g/mol. The molecule has 3 aromatic heterocycles. The number of rotatable bonds is 4. The van der Waals surface area contributed by atoms with Crippen molar-refractivity contribution in [3.63, 3.8) is 0 Å². The Labute approximate surface area is 341 Å². The summed E-state index contributed by atoms with van der Waals surface area (Å²) >= 11 is 0. The molecule has 4 aromatic carbocycles. The van der Waals surface area contributed by atoms with Gasteiger partial charge in [-0.2, -0.15) is 0 Å². The van der Waals surface area contributed by atoms with E-state index in [-0.39, 0.29) is 0 Å². The number of nitrogens with one attached hydrogen (secondary N) is 2. The van der Waals surface area contributed by atoms with Gasteiger partial charge in [0.05, 0.1) is 22.8 Å². The van der Waals surface area contributed by atoms with Crippen LogP contribution in [0.2, 0.25) is 0 Å². The van der Waals surface area contributed by atoms with E-state index in [9.17, 15) is 0 Å². The zero-order valence-corrected chi connectivity index (χ0v) is 34.9. The Morgan fingerprint density at radius 2 is 0.621 bits per heavy atom. The van der Waals surface area contributed by atoms with Crippen molar-refractivity contribution in [2.75, 3.05) is 5.73 Å². The number of fused-ring (bicyclic) bond motifs is 8. The molecule has 0 fully saturated rings. The maximum atomic E-state index is 6.24. The predicted molar refractivity (Wildman–Crippen MR) is 248 cm³/mol. The normalized spacial score (nSPS) is 12.2.